The normalized spacial score (nSPS) is 18.7. The molecule has 180 valence electrons. The number of hydrogen-bond acceptors (Lipinski definition) is 7. The largest absolute Gasteiger partial charge is 0.382 e. The van der Waals surface area contributed by atoms with Gasteiger partial charge in [0.1, 0.15) is 23.5 Å². The van der Waals surface area contributed by atoms with Gasteiger partial charge in [0.15, 0.2) is 17.3 Å². The molecule has 34 heavy (non-hydrogen) atoms. The van der Waals surface area contributed by atoms with Gasteiger partial charge in [-0.15, -0.1) is 5.10 Å². The van der Waals surface area contributed by atoms with Crippen LogP contribution in [0.3, 0.4) is 0 Å². The fourth-order valence-corrected chi connectivity index (χ4v) is 4.43. The second-order valence-electron chi connectivity index (χ2n) is 8.49. The number of aromatic nitrogens is 6. The molecular weight excluding hydrogens is 454 g/mol. The van der Waals surface area contributed by atoms with Crippen molar-refractivity contribution in [3.8, 4) is 11.3 Å². The zero-order chi connectivity index (χ0) is 24.2. The molecule has 4 aromatic rings. The maximum absolute atomic E-state index is 15.1. The van der Waals surface area contributed by atoms with Crippen LogP contribution in [0, 0.1) is 12.7 Å². The molecule has 5 heterocycles. The van der Waals surface area contributed by atoms with Crippen LogP contribution in [-0.2, 0) is 6.54 Å². The lowest BCUT2D eigenvalue weighted by Gasteiger charge is -2.36. The van der Waals surface area contributed by atoms with Crippen LogP contribution < -0.4 is 11.1 Å². The van der Waals surface area contributed by atoms with Crippen molar-refractivity contribution in [2.24, 2.45) is 0 Å². The van der Waals surface area contributed by atoms with Gasteiger partial charge in [0.2, 0.25) is 5.95 Å². The summed E-state index contributed by atoms with van der Waals surface area (Å²) in [6.45, 7) is 1.30. The summed E-state index contributed by atoms with van der Waals surface area (Å²) in [6, 6.07) is 2.07. The summed E-state index contributed by atoms with van der Waals surface area (Å²) in [6.07, 6.45) is 1.28. The number of halogens is 4. The Morgan fingerprint density at radius 3 is 2.76 bits per heavy atom. The smallest absolute Gasteiger partial charge is 0.280 e. The molecule has 0 unspecified atom stereocenters. The van der Waals surface area contributed by atoms with E-state index in [1.807, 2.05) is 0 Å². The van der Waals surface area contributed by atoms with Crippen molar-refractivity contribution >= 4 is 28.4 Å². The Bertz CT molecular complexity index is 1380. The van der Waals surface area contributed by atoms with Crippen LogP contribution in [0.5, 0.6) is 0 Å². The van der Waals surface area contributed by atoms with Crippen LogP contribution in [0.2, 0.25) is 0 Å². The van der Waals surface area contributed by atoms with Crippen molar-refractivity contribution in [2.45, 2.75) is 31.9 Å². The van der Waals surface area contributed by atoms with Gasteiger partial charge in [-0.25, -0.2) is 32.0 Å². The van der Waals surface area contributed by atoms with Gasteiger partial charge in [-0.1, -0.05) is 0 Å². The number of nitrogens with two attached hydrogens (primary N) is 1. The molecule has 0 aromatic carbocycles. The first kappa shape index (κ1) is 22.3. The number of hydrogen-bond donors (Lipinski definition) is 2. The minimum Gasteiger partial charge on any atom is -0.382 e. The van der Waals surface area contributed by atoms with Gasteiger partial charge < -0.3 is 20.5 Å². The summed E-state index contributed by atoms with van der Waals surface area (Å²) in [5, 5.41) is 6.82. The monoisotopic (exact) mass is 477 g/mol. The lowest BCUT2D eigenvalue weighted by Crippen LogP contribution is -2.53. The molecule has 9 nitrogen and oxygen atoms in total. The number of imidazole rings is 1. The molecule has 0 bridgehead atoms. The van der Waals surface area contributed by atoms with Gasteiger partial charge in [0, 0.05) is 6.54 Å². The highest BCUT2D eigenvalue weighted by Gasteiger charge is 2.44. The lowest BCUT2D eigenvalue weighted by atomic mass is 10.0. The summed E-state index contributed by atoms with van der Waals surface area (Å²) in [5.74, 6) is -3.29. The van der Waals surface area contributed by atoms with Crippen LogP contribution in [0.15, 0.2) is 18.3 Å². The molecule has 0 amide bonds. The first-order chi connectivity index (χ1) is 16.2. The molecule has 0 spiro atoms. The predicted molar refractivity (Wildman–Crippen MR) is 119 cm³/mol. The van der Waals surface area contributed by atoms with E-state index in [2.05, 4.69) is 25.4 Å². The van der Waals surface area contributed by atoms with Crippen LogP contribution in [0.1, 0.15) is 12.2 Å². The van der Waals surface area contributed by atoms with Gasteiger partial charge >= 0.3 is 0 Å². The Morgan fingerprint density at radius 1 is 1.24 bits per heavy atom. The SMILES string of the molecule is Cc1nc2ccc(-c3c(F)cn4nc(N[C@@H]5CCN(C)CC5(F)F)nc(N)c34)nc2n1CCF. The van der Waals surface area contributed by atoms with E-state index < -0.39 is 31.0 Å². The second-order valence-corrected chi connectivity index (χ2v) is 8.49. The highest BCUT2D eigenvalue weighted by molar-refractivity contribution is 5.89. The number of likely N-dealkylation sites (tertiary alicyclic amines) is 1. The third-order valence-electron chi connectivity index (χ3n) is 6.05. The quantitative estimate of drug-likeness (QED) is 0.426. The number of nitrogens with one attached hydrogen (secondary N) is 1. The van der Waals surface area contributed by atoms with E-state index in [0.29, 0.717) is 23.5 Å². The molecule has 5 rings (SSSR count). The number of aryl methyl sites for hydroxylation is 2. The lowest BCUT2D eigenvalue weighted by molar-refractivity contribution is -0.0675. The molecule has 0 saturated carbocycles. The van der Waals surface area contributed by atoms with Crippen molar-refractivity contribution in [3.63, 3.8) is 0 Å². The number of rotatable bonds is 5. The standard InChI is InChI=1S/C21H23F4N9/c1-11-27-14-4-3-13(28-19(14)33(11)8-6-22)16-12(23)9-34-17(16)18(26)30-20(31-34)29-15-5-7-32(2)10-21(15,24)25/h3-4,9,15H,5-8,10H2,1-2H3,(H3,26,29,30,31)/t15-/m1/s1. The number of nitrogens with zero attached hydrogens (tertiary/aromatic N) is 7. The average molecular weight is 477 g/mol. The highest BCUT2D eigenvalue weighted by Crippen LogP contribution is 2.33. The van der Waals surface area contributed by atoms with Crippen LogP contribution in [0.25, 0.3) is 27.9 Å². The fraction of sp³-hybridized carbons (Fsp3) is 0.429. The van der Waals surface area contributed by atoms with Crippen molar-refractivity contribution in [3.05, 3.63) is 30.0 Å². The highest BCUT2D eigenvalue weighted by atomic mass is 19.3. The van der Waals surface area contributed by atoms with Crippen molar-refractivity contribution < 1.29 is 17.6 Å². The number of fused-ring (bicyclic) bond motifs is 2. The Hall–Kier alpha value is -3.48. The fourth-order valence-electron chi connectivity index (χ4n) is 4.43. The Morgan fingerprint density at radius 2 is 2.03 bits per heavy atom. The second kappa shape index (κ2) is 8.08. The summed E-state index contributed by atoms with van der Waals surface area (Å²) in [7, 11) is 1.63. The molecule has 1 aliphatic rings. The van der Waals surface area contributed by atoms with E-state index in [-0.39, 0.29) is 41.5 Å². The molecule has 1 atom stereocenters. The molecule has 3 N–H and O–H groups in total. The van der Waals surface area contributed by atoms with Crippen molar-refractivity contribution in [1.82, 2.24) is 34.0 Å². The average Bonchev–Trinajstić information content (AvgIpc) is 3.26. The summed E-state index contributed by atoms with van der Waals surface area (Å²) in [4.78, 5) is 14.5. The van der Waals surface area contributed by atoms with Gasteiger partial charge in [-0.2, -0.15) is 4.98 Å². The Labute approximate surface area is 191 Å². The Balaban J connectivity index is 1.55. The molecular formula is C21H23F4N9. The zero-order valence-electron chi connectivity index (χ0n) is 18.6. The van der Waals surface area contributed by atoms with Crippen molar-refractivity contribution in [1.29, 1.82) is 0 Å². The third-order valence-corrected chi connectivity index (χ3v) is 6.05. The minimum atomic E-state index is -2.99. The number of piperidine rings is 1. The van der Waals surface area contributed by atoms with Gasteiger partial charge in [-0.3, -0.25) is 0 Å². The minimum absolute atomic E-state index is 0.0567. The number of pyridine rings is 1. The van der Waals surface area contributed by atoms with Gasteiger partial charge in [0.25, 0.3) is 5.92 Å². The Kier molecular flexibility index (Phi) is 5.30. The molecule has 13 heteroatoms. The molecule has 0 aliphatic carbocycles. The summed E-state index contributed by atoms with van der Waals surface area (Å²) in [5.41, 5.74) is 7.54. The van der Waals surface area contributed by atoms with E-state index >= 15 is 4.39 Å². The molecule has 1 fully saturated rings. The van der Waals surface area contributed by atoms with E-state index in [1.54, 1.807) is 35.6 Å². The van der Waals surface area contributed by atoms with Gasteiger partial charge in [0.05, 0.1) is 36.6 Å². The van der Waals surface area contributed by atoms with Crippen molar-refractivity contribution in [2.75, 3.05) is 37.9 Å². The number of anilines is 2. The number of alkyl halides is 3. The van der Waals surface area contributed by atoms with Crippen LogP contribution in [-0.4, -0.2) is 72.8 Å². The maximum atomic E-state index is 15.1. The maximum Gasteiger partial charge on any atom is 0.280 e. The molecule has 0 radical (unpaired) electrons. The summed E-state index contributed by atoms with van der Waals surface area (Å²) < 4.78 is 59.7. The first-order valence-electron chi connectivity index (χ1n) is 10.8. The molecule has 1 aliphatic heterocycles. The van der Waals surface area contributed by atoms with E-state index in [9.17, 15) is 13.2 Å². The van der Waals surface area contributed by atoms with Crippen LogP contribution in [0.4, 0.5) is 29.3 Å². The predicted octanol–water partition coefficient (Wildman–Crippen LogP) is 2.89. The summed E-state index contributed by atoms with van der Waals surface area (Å²) >= 11 is 0. The molecule has 4 aromatic heterocycles. The van der Waals surface area contributed by atoms with Gasteiger partial charge in [-0.05, 0) is 32.5 Å². The van der Waals surface area contributed by atoms with Crippen LogP contribution >= 0.6 is 0 Å². The molecule has 1 saturated heterocycles. The topological polar surface area (TPSA) is 102 Å². The van der Waals surface area contributed by atoms with E-state index in [4.69, 9.17) is 5.73 Å². The van der Waals surface area contributed by atoms with E-state index in [1.165, 1.54) is 4.52 Å². The third kappa shape index (κ3) is 3.69. The first-order valence-corrected chi connectivity index (χ1v) is 10.8. The zero-order valence-corrected chi connectivity index (χ0v) is 18.6. The van der Waals surface area contributed by atoms with E-state index in [0.717, 1.165) is 6.20 Å². The number of nitrogen functional groups attached to an aromatic ring is 1.